The van der Waals surface area contributed by atoms with E-state index < -0.39 is 14.9 Å². The molecular formula is C18H18N4O5S. The highest BCUT2D eigenvalue weighted by molar-refractivity contribution is 7.92. The summed E-state index contributed by atoms with van der Waals surface area (Å²) in [5.41, 5.74) is 0.168. The smallest absolute Gasteiger partial charge is 0.293 e. The van der Waals surface area contributed by atoms with E-state index in [-0.39, 0.29) is 22.8 Å². The van der Waals surface area contributed by atoms with Gasteiger partial charge < -0.3 is 9.73 Å². The summed E-state index contributed by atoms with van der Waals surface area (Å²) in [6.07, 6.45) is 2.28. The number of nitro benzene ring substituents is 1. The molecular weight excluding hydrogens is 384 g/mol. The highest BCUT2D eigenvalue weighted by Gasteiger charge is 2.22. The minimum Gasteiger partial charge on any atom is -0.444 e. The summed E-state index contributed by atoms with van der Waals surface area (Å²) in [6.45, 7) is 2.06. The maximum Gasteiger partial charge on any atom is 0.293 e. The SMILES string of the molecule is CCc1cnc(CNc2ccc(S(=O)(=O)Nc3ccccc3)cc2[N+](=O)[O-])o1. The van der Waals surface area contributed by atoms with Crippen LogP contribution in [0.15, 0.2) is 64.0 Å². The minimum atomic E-state index is -3.97. The summed E-state index contributed by atoms with van der Waals surface area (Å²) in [5.74, 6) is 1.09. The van der Waals surface area contributed by atoms with Gasteiger partial charge in [0.05, 0.1) is 22.6 Å². The number of anilines is 2. The quantitative estimate of drug-likeness (QED) is 0.435. The van der Waals surface area contributed by atoms with Crippen LogP contribution < -0.4 is 10.0 Å². The van der Waals surface area contributed by atoms with Crippen molar-refractivity contribution in [2.75, 3.05) is 10.0 Å². The minimum absolute atomic E-state index is 0.134. The molecule has 0 unspecified atom stereocenters. The van der Waals surface area contributed by atoms with E-state index in [9.17, 15) is 18.5 Å². The number of rotatable bonds is 8. The van der Waals surface area contributed by atoms with Crippen LogP contribution in [-0.2, 0) is 23.0 Å². The van der Waals surface area contributed by atoms with Gasteiger partial charge in [0, 0.05) is 18.2 Å². The third kappa shape index (κ3) is 4.46. The van der Waals surface area contributed by atoms with Gasteiger partial charge in [0.1, 0.15) is 11.4 Å². The standard InChI is InChI=1S/C18H18N4O5S/c1-2-14-11-20-18(27-14)12-19-16-9-8-15(10-17(16)22(23)24)28(25,26)21-13-6-4-3-5-7-13/h3-11,19,21H,2,12H2,1H3. The number of nitrogens with one attached hydrogen (secondary N) is 2. The molecule has 0 aliphatic heterocycles. The zero-order valence-corrected chi connectivity index (χ0v) is 15.8. The van der Waals surface area contributed by atoms with Gasteiger partial charge in [-0.05, 0) is 24.3 Å². The summed E-state index contributed by atoms with van der Waals surface area (Å²) in [4.78, 5) is 14.7. The van der Waals surface area contributed by atoms with Crippen LogP contribution in [0.4, 0.5) is 17.1 Å². The summed E-state index contributed by atoms with van der Waals surface area (Å²) < 4.78 is 32.9. The maximum absolute atomic E-state index is 12.5. The molecule has 2 N–H and O–H groups in total. The molecule has 146 valence electrons. The number of oxazole rings is 1. The lowest BCUT2D eigenvalue weighted by Gasteiger charge is -2.10. The third-order valence-electron chi connectivity index (χ3n) is 3.88. The number of sulfonamides is 1. The number of hydrogen-bond acceptors (Lipinski definition) is 7. The van der Waals surface area contributed by atoms with Crippen molar-refractivity contribution in [2.24, 2.45) is 0 Å². The van der Waals surface area contributed by atoms with Gasteiger partial charge in [-0.3, -0.25) is 14.8 Å². The van der Waals surface area contributed by atoms with Crippen LogP contribution in [0, 0.1) is 10.1 Å². The van der Waals surface area contributed by atoms with Crippen molar-refractivity contribution >= 4 is 27.1 Å². The molecule has 0 spiro atoms. The summed E-state index contributed by atoms with van der Waals surface area (Å²) in [7, 11) is -3.97. The second-order valence-electron chi connectivity index (χ2n) is 5.84. The lowest BCUT2D eigenvalue weighted by atomic mass is 10.2. The van der Waals surface area contributed by atoms with Gasteiger partial charge in [0.15, 0.2) is 0 Å². The molecule has 28 heavy (non-hydrogen) atoms. The molecule has 0 aliphatic carbocycles. The first-order chi connectivity index (χ1) is 13.4. The normalized spacial score (nSPS) is 11.2. The number of benzene rings is 2. The van der Waals surface area contributed by atoms with E-state index >= 15 is 0 Å². The molecule has 0 aliphatic rings. The maximum atomic E-state index is 12.5. The fraction of sp³-hybridized carbons (Fsp3) is 0.167. The van der Waals surface area contributed by atoms with Gasteiger partial charge in [-0.15, -0.1) is 0 Å². The number of nitro groups is 1. The molecule has 1 aromatic heterocycles. The van der Waals surface area contributed by atoms with Crippen molar-refractivity contribution in [3.8, 4) is 0 Å². The van der Waals surface area contributed by atoms with E-state index in [2.05, 4.69) is 15.0 Å². The van der Waals surface area contributed by atoms with Gasteiger partial charge >= 0.3 is 0 Å². The Morgan fingerprint density at radius 2 is 1.93 bits per heavy atom. The third-order valence-corrected chi connectivity index (χ3v) is 5.26. The number of aryl methyl sites for hydroxylation is 1. The molecule has 0 amide bonds. The zero-order valence-electron chi connectivity index (χ0n) is 15.0. The van der Waals surface area contributed by atoms with E-state index in [1.54, 1.807) is 36.5 Å². The Hall–Kier alpha value is -3.40. The molecule has 0 saturated carbocycles. The van der Waals surface area contributed by atoms with E-state index in [4.69, 9.17) is 4.42 Å². The molecule has 0 atom stereocenters. The van der Waals surface area contributed by atoms with Crippen LogP contribution in [0.3, 0.4) is 0 Å². The Balaban J connectivity index is 1.83. The van der Waals surface area contributed by atoms with E-state index in [1.165, 1.54) is 12.1 Å². The molecule has 0 radical (unpaired) electrons. The lowest BCUT2D eigenvalue weighted by Crippen LogP contribution is -2.13. The lowest BCUT2D eigenvalue weighted by molar-refractivity contribution is -0.384. The molecule has 9 nitrogen and oxygen atoms in total. The molecule has 3 aromatic rings. The molecule has 0 bridgehead atoms. The van der Waals surface area contributed by atoms with Crippen molar-refractivity contribution in [3.63, 3.8) is 0 Å². The van der Waals surface area contributed by atoms with Crippen LogP contribution in [0.5, 0.6) is 0 Å². The molecule has 2 aromatic carbocycles. The Morgan fingerprint density at radius 3 is 2.57 bits per heavy atom. The molecule has 0 fully saturated rings. The van der Waals surface area contributed by atoms with E-state index in [0.29, 0.717) is 23.8 Å². The van der Waals surface area contributed by atoms with Gasteiger partial charge in [-0.25, -0.2) is 13.4 Å². The van der Waals surface area contributed by atoms with Crippen LogP contribution >= 0.6 is 0 Å². The number of aromatic nitrogens is 1. The van der Waals surface area contributed by atoms with Crippen molar-refractivity contribution in [3.05, 3.63) is 76.5 Å². The van der Waals surface area contributed by atoms with Gasteiger partial charge in [-0.2, -0.15) is 0 Å². The average molecular weight is 402 g/mol. The molecule has 10 heteroatoms. The summed E-state index contributed by atoms with van der Waals surface area (Å²) in [6, 6.07) is 11.9. The van der Waals surface area contributed by atoms with Crippen molar-refractivity contribution in [2.45, 2.75) is 24.8 Å². The predicted octanol–water partition coefficient (Wildman–Crippen LogP) is 3.56. The summed E-state index contributed by atoms with van der Waals surface area (Å²) in [5, 5.41) is 14.3. The number of nitrogens with zero attached hydrogens (tertiary/aromatic N) is 2. The molecule has 3 rings (SSSR count). The van der Waals surface area contributed by atoms with E-state index in [0.717, 1.165) is 6.07 Å². The van der Waals surface area contributed by atoms with Crippen LogP contribution in [0.2, 0.25) is 0 Å². The van der Waals surface area contributed by atoms with Gasteiger partial charge in [-0.1, -0.05) is 25.1 Å². The van der Waals surface area contributed by atoms with Crippen molar-refractivity contribution in [1.82, 2.24) is 4.98 Å². The Kier molecular flexibility index (Phi) is 5.59. The zero-order chi connectivity index (χ0) is 20.1. The highest BCUT2D eigenvalue weighted by Crippen LogP contribution is 2.29. The summed E-state index contributed by atoms with van der Waals surface area (Å²) >= 11 is 0. The van der Waals surface area contributed by atoms with Crippen LogP contribution in [-0.4, -0.2) is 18.3 Å². The first kappa shape index (κ1) is 19.4. The molecule has 1 heterocycles. The Morgan fingerprint density at radius 1 is 1.18 bits per heavy atom. The largest absolute Gasteiger partial charge is 0.444 e. The van der Waals surface area contributed by atoms with Crippen molar-refractivity contribution < 1.29 is 17.8 Å². The Labute approximate surface area is 161 Å². The van der Waals surface area contributed by atoms with Gasteiger partial charge in [0.2, 0.25) is 5.89 Å². The average Bonchev–Trinajstić information content (AvgIpc) is 3.14. The predicted molar refractivity (Wildman–Crippen MR) is 104 cm³/mol. The molecule has 0 saturated heterocycles. The second kappa shape index (κ2) is 8.09. The number of para-hydroxylation sites is 1. The highest BCUT2D eigenvalue weighted by atomic mass is 32.2. The number of hydrogen-bond donors (Lipinski definition) is 2. The monoisotopic (exact) mass is 402 g/mol. The van der Waals surface area contributed by atoms with E-state index in [1.807, 2.05) is 6.92 Å². The van der Waals surface area contributed by atoms with Crippen molar-refractivity contribution in [1.29, 1.82) is 0 Å². The fourth-order valence-corrected chi connectivity index (χ4v) is 3.54. The topological polar surface area (TPSA) is 127 Å². The Bertz CT molecular complexity index is 1080. The van der Waals surface area contributed by atoms with Gasteiger partial charge in [0.25, 0.3) is 15.7 Å². The van der Waals surface area contributed by atoms with Crippen LogP contribution in [0.25, 0.3) is 0 Å². The second-order valence-corrected chi connectivity index (χ2v) is 7.52. The first-order valence-electron chi connectivity index (χ1n) is 8.43. The van der Waals surface area contributed by atoms with Crippen LogP contribution in [0.1, 0.15) is 18.6 Å². The first-order valence-corrected chi connectivity index (χ1v) is 9.91. The fourth-order valence-electron chi connectivity index (χ4n) is 2.46.